The molecule has 2 N–H and O–H groups in total. The minimum Gasteiger partial charge on any atom is -0.342 e. The number of rotatable bonds is 3. The molecule has 6 heteroatoms. The maximum Gasteiger partial charge on any atom is 0.227 e. The van der Waals surface area contributed by atoms with E-state index >= 15 is 0 Å². The van der Waals surface area contributed by atoms with Gasteiger partial charge in [0.2, 0.25) is 11.8 Å². The molecule has 22 heavy (non-hydrogen) atoms. The van der Waals surface area contributed by atoms with E-state index in [0.29, 0.717) is 13.1 Å². The lowest BCUT2D eigenvalue weighted by Gasteiger charge is -2.40. The van der Waals surface area contributed by atoms with E-state index in [1.165, 1.54) is 6.42 Å². The van der Waals surface area contributed by atoms with Crippen LogP contribution in [0.4, 0.5) is 0 Å². The summed E-state index contributed by atoms with van der Waals surface area (Å²) in [6, 6.07) is 0.209. The number of halogens is 1. The Morgan fingerprint density at radius 1 is 0.909 bits per heavy atom. The van der Waals surface area contributed by atoms with Crippen molar-refractivity contribution >= 4 is 24.2 Å². The van der Waals surface area contributed by atoms with Gasteiger partial charge in [-0.3, -0.25) is 9.59 Å². The summed E-state index contributed by atoms with van der Waals surface area (Å²) in [5, 5.41) is 0. The molecule has 0 radical (unpaired) electrons. The Hall–Kier alpha value is -0.810. The van der Waals surface area contributed by atoms with E-state index < -0.39 is 0 Å². The summed E-state index contributed by atoms with van der Waals surface area (Å²) in [4.78, 5) is 28.9. The number of nitrogens with zero attached hydrogens (tertiary/aromatic N) is 2. The molecule has 2 atom stereocenters. The highest BCUT2D eigenvalue weighted by Crippen LogP contribution is 2.33. The Bertz CT molecular complexity index is 414. The molecule has 0 aromatic heterocycles. The van der Waals surface area contributed by atoms with Gasteiger partial charge in [0.15, 0.2) is 0 Å². The maximum atomic E-state index is 12.8. The summed E-state index contributed by atoms with van der Waals surface area (Å²) in [5.74, 6) is 0.763. The fourth-order valence-electron chi connectivity index (χ4n) is 3.74. The van der Waals surface area contributed by atoms with Gasteiger partial charge in [-0.1, -0.05) is 0 Å². The van der Waals surface area contributed by atoms with Gasteiger partial charge in [-0.05, 0) is 44.9 Å². The van der Waals surface area contributed by atoms with E-state index in [9.17, 15) is 9.59 Å². The quantitative estimate of drug-likeness (QED) is 0.851. The van der Waals surface area contributed by atoms with Gasteiger partial charge in [-0.25, -0.2) is 0 Å². The molecule has 2 unspecified atom stereocenters. The molecule has 3 fully saturated rings. The maximum absolute atomic E-state index is 12.8. The van der Waals surface area contributed by atoms with Gasteiger partial charge in [0.05, 0.1) is 5.92 Å². The molecule has 1 aliphatic carbocycles. The SMILES string of the molecule is Cl.NCC1CCCCN1C(=O)C1CCCN(C(=O)C2CC2)C1. The molecular weight excluding hydrogens is 302 g/mol. The van der Waals surface area contributed by atoms with E-state index in [0.717, 1.165) is 51.6 Å². The van der Waals surface area contributed by atoms with Gasteiger partial charge in [0.1, 0.15) is 0 Å². The number of carbonyl (C=O) groups excluding carboxylic acids is 2. The third kappa shape index (κ3) is 3.74. The Morgan fingerprint density at radius 2 is 1.68 bits per heavy atom. The first kappa shape index (κ1) is 17.5. The van der Waals surface area contributed by atoms with Crippen LogP contribution in [-0.4, -0.2) is 53.8 Å². The Balaban J connectivity index is 0.00000176. The number of carbonyl (C=O) groups is 2. The van der Waals surface area contributed by atoms with Crippen molar-refractivity contribution in [2.75, 3.05) is 26.2 Å². The number of hydrogen-bond acceptors (Lipinski definition) is 3. The minimum absolute atomic E-state index is 0. The highest BCUT2D eigenvalue weighted by atomic mass is 35.5. The van der Waals surface area contributed by atoms with Gasteiger partial charge in [-0.15, -0.1) is 12.4 Å². The van der Waals surface area contributed by atoms with E-state index in [2.05, 4.69) is 0 Å². The van der Waals surface area contributed by atoms with Crippen LogP contribution < -0.4 is 5.73 Å². The minimum atomic E-state index is -0.00593. The summed E-state index contributed by atoms with van der Waals surface area (Å²) >= 11 is 0. The Labute approximate surface area is 139 Å². The third-order valence-corrected chi connectivity index (χ3v) is 5.19. The molecule has 2 aliphatic heterocycles. The van der Waals surface area contributed by atoms with Gasteiger partial charge in [-0.2, -0.15) is 0 Å². The van der Waals surface area contributed by atoms with Gasteiger partial charge >= 0.3 is 0 Å². The molecule has 2 saturated heterocycles. The molecule has 0 bridgehead atoms. The smallest absolute Gasteiger partial charge is 0.227 e. The van der Waals surface area contributed by atoms with Crippen LogP contribution in [0.3, 0.4) is 0 Å². The van der Waals surface area contributed by atoms with Crippen LogP contribution in [0.25, 0.3) is 0 Å². The standard InChI is InChI=1S/C16H27N3O2.ClH/c17-10-14-5-1-2-9-19(14)16(21)13-4-3-8-18(11-13)15(20)12-6-7-12;/h12-14H,1-11,17H2;1H. The van der Waals surface area contributed by atoms with E-state index in [4.69, 9.17) is 5.73 Å². The van der Waals surface area contributed by atoms with Crippen LogP contribution >= 0.6 is 12.4 Å². The van der Waals surface area contributed by atoms with Crippen LogP contribution in [-0.2, 0) is 9.59 Å². The van der Waals surface area contributed by atoms with Crippen LogP contribution in [0.2, 0.25) is 0 Å². The zero-order valence-corrected chi connectivity index (χ0v) is 14.0. The van der Waals surface area contributed by atoms with Gasteiger partial charge in [0.25, 0.3) is 0 Å². The first-order valence-corrected chi connectivity index (χ1v) is 8.50. The van der Waals surface area contributed by atoms with Crippen molar-refractivity contribution in [3.63, 3.8) is 0 Å². The summed E-state index contributed by atoms with van der Waals surface area (Å²) < 4.78 is 0. The Kier molecular flexibility index (Phi) is 6.09. The van der Waals surface area contributed by atoms with E-state index in [1.807, 2.05) is 9.80 Å². The van der Waals surface area contributed by atoms with Crippen LogP contribution in [0, 0.1) is 11.8 Å². The monoisotopic (exact) mass is 329 g/mol. The fraction of sp³-hybridized carbons (Fsp3) is 0.875. The van der Waals surface area contributed by atoms with Crippen molar-refractivity contribution in [1.82, 2.24) is 9.80 Å². The van der Waals surface area contributed by atoms with E-state index in [1.54, 1.807) is 0 Å². The predicted molar refractivity (Wildman–Crippen MR) is 87.7 cm³/mol. The second-order valence-electron chi connectivity index (χ2n) is 6.81. The summed E-state index contributed by atoms with van der Waals surface area (Å²) in [7, 11) is 0. The molecule has 2 amide bonds. The number of nitrogens with two attached hydrogens (primary N) is 1. The summed E-state index contributed by atoms with van der Waals surface area (Å²) in [6.45, 7) is 2.86. The molecule has 3 aliphatic rings. The Morgan fingerprint density at radius 3 is 2.36 bits per heavy atom. The molecule has 0 aromatic carbocycles. The molecule has 126 valence electrons. The largest absolute Gasteiger partial charge is 0.342 e. The zero-order valence-electron chi connectivity index (χ0n) is 13.2. The van der Waals surface area contributed by atoms with Crippen molar-refractivity contribution < 1.29 is 9.59 Å². The lowest BCUT2D eigenvalue weighted by Crippen LogP contribution is -2.53. The highest BCUT2D eigenvalue weighted by molar-refractivity contribution is 5.85. The summed E-state index contributed by atoms with van der Waals surface area (Å²) in [6.07, 6.45) is 7.23. The average molecular weight is 330 g/mol. The highest BCUT2D eigenvalue weighted by Gasteiger charge is 2.38. The van der Waals surface area contributed by atoms with Crippen LogP contribution in [0.15, 0.2) is 0 Å². The van der Waals surface area contributed by atoms with Crippen molar-refractivity contribution in [3.05, 3.63) is 0 Å². The van der Waals surface area contributed by atoms with E-state index in [-0.39, 0.29) is 42.1 Å². The molecule has 3 rings (SSSR count). The first-order valence-electron chi connectivity index (χ1n) is 8.50. The average Bonchev–Trinajstić information content (AvgIpc) is 3.38. The molecular formula is C16H28ClN3O2. The number of amides is 2. The normalized spacial score (nSPS) is 29.0. The molecule has 0 aromatic rings. The summed E-state index contributed by atoms with van der Waals surface area (Å²) in [5.41, 5.74) is 5.83. The van der Waals surface area contributed by atoms with Crippen molar-refractivity contribution in [2.24, 2.45) is 17.6 Å². The lowest BCUT2D eigenvalue weighted by atomic mass is 9.93. The first-order chi connectivity index (χ1) is 10.2. The fourth-order valence-corrected chi connectivity index (χ4v) is 3.74. The second kappa shape index (κ2) is 7.64. The number of piperidine rings is 2. The molecule has 0 spiro atoms. The third-order valence-electron chi connectivity index (χ3n) is 5.19. The number of likely N-dealkylation sites (tertiary alicyclic amines) is 2. The second-order valence-corrected chi connectivity index (χ2v) is 6.81. The van der Waals surface area contributed by atoms with Crippen molar-refractivity contribution in [3.8, 4) is 0 Å². The zero-order chi connectivity index (χ0) is 14.8. The van der Waals surface area contributed by atoms with Crippen molar-refractivity contribution in [2.45, 2.75) is 51.0 Å². The van der Waals surface area contributed by atoms with Crippen LogP contribution in [0.5, 0.6) is 0 Å². The molecule has 1 saturated carbocycles. The van der Waals surface area contributed by atoms with Gasteiger partial charge < -0.3 is 15.5 Å². The topological polar surface area (TPSA) is 66.6 Å². The molecule has 2 heterocycles. The lowest BCUT2D eigenvalue weighted by molar-refractivity contribution is -0.144. The molecule has 5 nitrogen and oxygen atoms in total. The number of hydrogen-bond donors (Lipinski definition) is 1. The predicted octanol–water partition coefficient (Wildman–Crippen LogP) is 1.40. The van der Waals surface area contributed by atoms with Gasteiger partial charge in [0, 0.05) is 38.1 Å². The van der Waals surface area contributed by atoms with Crippen molar-refractivity contribution in [1.29, 1.82) is 0 Å². The van der Waals surface area contributed by atoms with Crippen LogP contribution in [0.1, 0.15) is 44.9 Å².